The van der Waals surface area contributed by atoms with Crippen molar-refractivity contribution in [3.05, 3.63) is 35.9 Å². The molecule has 0 aliphatic carbocycles. The van der Waals surface area contributed by atoms with Crippen molar-refractivity contribution in [1.29, 1.82) is 0 Å². The summed E-state index contributed by atoms with van der Waals surface area (Å²) in [5, 5.41) is 3.79. The van der Waals surface area contributed by atoms with Gasteiger partial charge in [-0.25, -0.2) is 0 Å². The Hall–Kier alpha value is -0.900. The minimum absolute atomic E-state index is 0.171. The first-order valence-electron chi connectivity index (χ1n) is 8.24. The molecular formula is C18H30N2O. The van der Waals surface area contributed by atoms with E-state index in [4.69, 9.17) is 4.74 Å². The fraction of sp³-hybridized carbons (Fsp3) is 0.667. The summed E-state index contributed by atoms with van der Waals surface area (Å²) in [6.45, 7) is 11.7. The van der Waals surface area contributed by atoms with Crippen molar-refractivity contribution in [2.24, 2.45) is 0 Å². The van der Waals surface area contributed by atoms with Crippen LogP contribution in [0.15, 0.2) is 30.3 Å². The number of hydrogen-bond donors (Lipinski definition) is 1. The molecule has 1 aliphatic rings. The third-order valence-corrected chi connectivity index (χ3v) is 4.43. The highest BCUT2D eigenvalue weighted by Gasteiger charge is 2.28. The van der Waals surface area contributed by atoms with Crippen molar-refractivity contribution in [1.82, 2.24) is 10.2 Å². The van der Waals surface area contributed by atoms with Crippen LogP contribution in [0.5, 0.6) is 0 Å². The van der Waals surface area contributed by atoms with Crippen LogP contribution in [0.1, 0.15) is 45.2 Å². The lowest BCUT2D eigenvalue weighted by Gasteiger charge is -2.41. The zero-order valence-corrected chi connectivity index (χ0v) is 13.8. The van der Waals surface area contributed by atoms with E-state index in [-0.39, 0.29) is 5.54 Å². The van der Waals surface area contributed by atoms with Gasteiger partial charge < -0.3 is 10.1 Å². The molecule has 1 heterocycles. The molecule has 0 saturated carbocycles. The summed E-state index contributed by atoms with van der Waals surface area (Å²) in [4.78, 5) is 2.54. The molecule has 3 heteroatoms. The zero-order chi connectivity index (χ0) is 15.1. The number of ether oxygens (including phenoxy) is 1. The van der Waals surface area contributed by atoms with Crippen molar-refractivity contribution in [3.63, 3.8) is 0 Å². The van der Waals surface area contributed by atoms with Crippen molar-refractivity contribution in [3.8, 4) is 0 Å². The molecule has 1 N–H and O–H groups in total. The number of hydrogen-bond acceptors (Lipinski definition) is 3. The van der Waals surface area contributed by atoms with E-state index < -0.39 is 0 Å². The molecule has 0 aromatic heterocycles. The van der Waals surface area contributed by atoms with E-state index in [0.717, 1.165) is 32.8 Å². The summed E-state index contributed by atoms with van der Waals surface area (Å²) >= 11 is 0. The number of benzene rings is 1. The molecule has 3 nitrogen and oxygen atoms in total. The Kier molecular flexibility index (Phi) is 6.22. The predicted molar refractivity (Wildman–Crippen MR) is 88.6 cm³/mol. The van der Waals surface area contributed by atoms with Crippen LogP contribution >= 0.6 is 0 Å². The van der Waals surface area contributed by atoms with Gasteiger partial charge >= 0.3 is 0 Å². The monoisotopic (exact) mass is 290 g/mol. The lowest BCUT2D eigenvalue weighted by molar-refractivity contribution is -0.0104. The molecule has 21 heavy (non-hydrogen) atoms. The molecule has 1 aliphatic heterocycles. The Balaban J connectivity index is 1.94. The van der Waals surface area contributed by atoms with E-state index in [0.29, 0.717) is 6.04 Å². The Morgan fingerprint density at radius 1 is 1.19 bits per heavy atom. The fourth-order valence-electron chi connectivity index (χ4n) is 3.01. The van der Waals surface area contributed by atoms with Crippen LogP contribution in [0.2, 0.25) is 0 Å². The molecule has 1 aromatic carbocycles. The van der Waals surface area contributed by atoms with E-state index in [9.17, 15) is 0 Å². The van der Waals surface area contributed by atoms with Crippen LogP contribution in [0.25, 0.3) is 0 Å². The molecule has 0 radical (unpaired) electrons. The third kappa shape index (κ3) is 4.80. The van der Waals surface area contributed by atoms with E-state index in [1.807, 2.05) is 0 Å². The second-order valence-corrected chi connectivity index (χ2v) is 6.54. The van der Waals surface area contributed by atoms with Crippen LogP contribution in [-0.2, 0) is 4.74 Å². The second-order valence-electron chi connectivity index (χ2n) is 6.54. The Morgan fingerprint density at radius 3 is 2.48 bits per heavy atom. The molecule has 1 saturated heterocycles. The molecule has 0 spiro atoms. The average molecular weight is 290 g/mol. The van der Waals surface area contributed by atoms with Gasteiger partial charge in [0.2, 0.25) is 0 Å². The highest BCUT2D eigenvalue weighted by molar-refractivity contribution is 5.18. The Bertz CT molecular complexity index is 399. The molecule has 1 atom stereocenters. The van der Waals surface area contributed by atoms with Crippen LogP contribution in [0.3, 0.4) is 0 Å². The minimum Gasteiger partial charge on any atom is -0.379 e. The summed E-state index contributed by atoms with van der Waals surface area (Å²) < 4.78 is 5.47. The zero-order valence-electron chi connectivity index (χ0n) is 13.8. The van der Waals surface area contributed by atoms with Crippen molar-refractivity contribution < 1.29 is 4.74 Å². The SMILES string of the molecule is CCCC(NCC(C)(C)N1CCOCC1)c1ccccc1. The first-order chi connectivity index (χ1) is 10.1. The summed E-state index contributed by atoms with van der Waals surface area (Å²) in [6.07, 6.45) is 2.38. The van der Waals surface area contributed by atoms with Gasteiger partial charge in [-0.15, -0.1) is 0 Å². The smallest absolute Gasteiger partial charge is 0.0594 e. The van der Waals surface area contributed by atoms with Crippen LogP contribution < -0.4 is 5.32 Å². The fourth-order valence-corrected chi connectivity index (χ4v) is 3.01. The van der Waals surface area contributed by atoms with Gasteiger partial charge in [0.05, 0.1) is 13.2 Å². The molecule has 0 amide bonds. The van der Waals surface area contributed by atoms with Gasteiger partial charge in [-0.1, -0.05) is 43.7 Å². The normalized spacial score (nSPS) is 18.6. The predicted octanol–water partition coefficient (Wildman–Crippen LogP) is 3.23. The molecule has 118 valence electrons. The third-order valence-electron chi connectivity index (χ3n) is 4.43. The molecule has 1 aromatic rings. The quantitative estimate of drug-likeness (QED) is 0.834. The van der Waals surface area contributed by atoms with Gasteiger partial charge in [-0.05, 0) is 25.8 Å². The molecule has 0 bridgehead atoms. The topological polar surface area (TPSA) is 24.5 Å². The van der Waals surface area contributed by atoms with Gasteiger partial charge in [0, 0.05) is 31.2 Å². The van der Waals surface area contributed by atoms with Gasteiger partial charge in [0.15, 0.2) is 0 Å². The molecule has 1 fully saturated rings. The van der Waals surface area contributed by atoms with Crippen LogP contribution in [0, 0.1) is 0 Å². The van der Waals surface area contributed by atoms with E-state index in [1.165, 1.54) is 18.4 Å². The van der Waals surface area contributed by atoms with Gasteiger partial charge in [-0.3, -0.25) is 4.90 Å². The van der Waals surface area contributed by atoms with Crippen LogP contribution in [-0.4, -0.2) is 43.3 Å². The van der Waals surface area contributed by atoms with Crippen molar-refractivity contribution in [2.75, 3.05) is 32.8 Å². The largest absolute Gasteiger partial charge is 0.379 e. The highest BCUT2D eigenvalue weighted by atomic mass is 16.5. The number of morpholine rings is 1. The lowest BCUT2D eigenvalue weighted by Crippen LogP contribution is -2.55. The summed E-state index contributed by atoms with van der Waals surface area (Å²) in [5.74, 6) is 0. The number of rotatable bonds is 7. The average Bonchev–Trinajstić information content (AvgIpc) is 2.53. The first-order valence-corrected chi connectivity index (χ1v) is 8.24. The Morgan fingerprint density at radius 2 is 1.86 bits per heavy atom. The maximum atomic E-state index is 5.47. The summed E-state index contributed by atoms with van der Waals surface area (Å²) in [7, 11) is 0. The minimum atomic E-state index is 0.171. The Labute approximate surface area is 129 Å². The maximum Gasteiger partial charge on any atom is 0.0594 e. The van der Waals surface area contributed by atoms with E-state index >= 15 is 0 Å². The summed E-state index contributed by atoms with van der Waals surface area (Å²) in [6, 6.07) is 11.3. The van der Waals surface area contributed by atoms with E-state index in [1.54, 1.807) is 0 Å². The van der Waals surface area contributed by atoms with Crippen molar-refractivity contribution in [2.45, 2.75) is 45.2 Å². The molecular weight excluding hydrogens is 260 g/mol. The first kappa shape index (κ1) is 16.5. The van der Waals surface area contributed by atoms with Crippen LogP contribution in [0.4, 0.5) is 0 Å². The molecule has 2 rings (SSSR count). The van der Waals surface area contributed by atoms with Gasteiger partial charge in [0.25, 0.3) is 0 Å². The lowest BCUT2D eigenvalue weighted by atomic mass is 9.98. The number of nitrogens with one attached hydrogen (secondary N) is 1. The summed E-state index contributed by atoms with van der Waals surface area (Å²) in [5.41, 5.74) is 1.57. The highest BCUT2D eigenvalue weighted by Crippen LogP contribution is 2.21. The molecule has 1 unspecified atom stereocenters. The number of nitrogens with zero attached hydrogens (tertiary/aromatic N) is 1. The van der Waals surface area contributed by atoms with Gasteiger partial charge in [-0.2, -0.15) is 0 Å². The van der Waals surface area contributed by atoms with E-state index in [2.05, 4.69) is 61.3 Å². The standard InChI is InChI=1S/C18H30N2O/c1-4-8-17(16-9-6-5-7-10-16)19-15-18(2,3)20-11-13-21-14-12-20/h5-7,9-10,17,19H,4,8,11-15H2,1-3H3. The maximum absolute atomic E-state index is 5.47. The van der Waals surface area contributed by atoms with Crippen molar-refractivity contribution >= 4 is 0 Å². The second kappa shape index (κ2) is 7.92. The van der Waals surface area contributed by atoms with Gasteiger partial charge in [0.1, 0.15) is 0 Å².